The molecule has 0 fully saturated rings. The summed E-state index contributed by atoms with van der Waals surface area (Å²) < 4.78 is 5.07. The van der Waals surface area contributed by atoms with Crippen LogP contribution in [0.3, 0.4) is 0 Å². The average Bonchev–Trinajstić information content (AvgIpc) is 2.19. The molecule has 0 saturated carbocycles. The van der Waals surface area contributed by atoms with Gasteiger partial charge < -0.3 is 20.5 Å². The number of carbonyl (C=O) groups excluding carboxylic acids is 1. The molecule has 0 heterocycles. The van der Waals surface area contributed by atoms with Crippen LogP contribution in [0.1, 0.15) is 47.5 Å². The largest absolute Gasteiger partial charge is 0.480 e. The third kappa shape index (κ3) is 10.3. The quantitative estimate of drug-likeness (QED) is 0.615. The predicted octanol–water partition coefficient (Wildman–Crippen LogP) is 1.74. The standard InChI is InChI=1S/C13H26N2O4/c1-9(2)15-10(11(16)17)7-6-8-14-12(18)19-13(3,4)5/h9-10,15H,6-8H2,1-5H3,(H,14,18)(H,16,17). The smallest absolute Gasteiger partial charge is 0.407 e. The molecule has 3 N–H and O–H groups in total. The van der Waals surface area contributed by atoms with Crippen molar-refractivity contribution in [3.63, 3.8) is 0 Å². The Bertz CT molecular complexity index is 298. The summed E-state index contributed by atoms with van der Waals surface area (Å²) in [7, 11) is 0. The third-order valence-corrected chi connectivity index (χ3v) is 2.17. The van der Waals surface area contributed by atoms with Crippen LogP contribution >= 0.6 is 0 Å². The minimum atomic E-state index is -0.869. The van der Waals surface area contributed by atoms with Crippen molar-refractivity contribution in [1.29, 1.82) is 0 Å². The summed E-state index contributed by atoms with van der Waals surface area (Å²) in [5.41, 5.74) is -0.521. The highest BCUT2D eigenvalue weighted by Crippen LogP contribution is 2.06. The van der Waals surface area contributed by atoms with Gasteiger partial charge in [0.05, 0.1) is 0 Å². The third-order valence-electron chi connectivity index (χ3n) is 2.17. The lowest BCUT2D eigenvalue weighted by Crippen LogP contribution is -2.41. The number of aliphatic carboxylic acids is 1. The van der Waals surface area contributed by atoms with Crippen LogP contribution in [-0.4, -0.2) is 41.4 Å². The lowest BCUT2D eigenvalue weighted by molar-refractivity contribution is -0.139. The summed E-state index contributed by atoms with van der Waals surface area (Å²) in [6, 6.07) is -0.472. The van der Waals surface area contributed by atoms with E-state index in [4.69, 9.17) is 9.84 Å². The second kappa shape index (κ2) is 7.99. The summed E-state index contributed by atoms with van der Waals surface area (Å²) in [6.45, 7) is 9.57. The average molecular weight is 274 g/mol. The van der Waals surface area contributed by atoms with Gasteiger partial charge >= 0.3 is 12.1 Å². The monoisotopic (exact) mass is 274 g/mol. The highest BCUT2D eigenvalue weighted by Gasteiger charge is 2.18. The first-order chi connectivity index (χ1) is 8.61. The molecular weight excluding hydrogens is 248 g/mol. The molecule has 0 radical (unpaired) electrons. The van der Waals surface area contributed by atoms with Crippen LogP contribution < -0.4 is 10.6 Å². The molecule has 112 valence electrons. The minimum Gasteiger partial charge on any atom is -0.480 e. The SMILES string of the molecule is CC(C)NC(CCCNC(=O)OC(C)(C)C)C(=O)O. The summed E-state index contributed by atoms with van der Waals surface area (Å²) in [5.74, 6) is -0.869. The molecule has 0 rings (SSSR count). The highest BCUT2D eigenvalue weighted by atomic mass is 16.6. The lowest BCUT2D eigenvalue weighted by Gasteiger charge is -2.20. The van der Waals surface area contributed by atoms with Gasteiger partial charge in [0.15, 0.2) is 0 Å². The fraction of sp³-hybridized carbons (Fsp3) is 0.846. The molecule has 6 nitrogen and oxygen atoms in total. The van der Waals surface area contributed by atoms with E-state index in [1.165, 1.54) is 0 Å². The Kier molecular flexibility index (Phi) is 7.44. The molecule has 0 aromatic heterocycles. The molecule has 1 unspecified atom stereocenters. The molecule has 19 heavy (non-hydrogen) atoms. The summed E-state index contributed by atoms with van der Waals surface area (Å²) in [6.07, 6.45) is 0.565. The van der Waals surface area contributed by atoms with Gasteiger partial charge in [-0.1, -0.05) is 13.8 Å². The Balaban J connectivity index is 3.88. The van der Waals surface area contributed by atoms with Crippen molar-refractivity contribution in [2.24, 2.45) is 0 Å². The maximum Gasteiger partial charge on any atom is 0.407 e. The Morgan fingerprint density at radius 1 is 1.26 bits per heavy atom. The van der Waals surface area contributed by atoms with Crippen LogP contribution in [-0.2, 0) is 9.53 Å². The van der Waals surface area contributed by atoms with E-state index in [-0.39, 0.29) is 6.04 Å². The number of carboxylic acids is 1. The summed E-state index contributed by atoms with van der Waals surface area (Å²) in [4.78, 5) is 22.3. The normalized spacial score (nSPS) is 13.2. The zero-order valence-corrected chi connectivity index (χ0v) is 12.4. The van der Waals surface area contributed by atoms with Gasteiger partial charge in [0.2, 0.25) is 0 Å². The van der Waals surface area contributed by atoms with Gasteiger partial charge in [0.1, 0.15) is 11.6 Å². The van der Waals surface area contributed by atoms with Gasteiger partial charge in [-0.3, -0.25) is 4.79 Å². The number of alkyl carbamates (subject to hydrolysis) is 1. The van der Waals surface area contributed by atoms with Crippen LogP contribution in [0.2, 0.25) is 0 Å². The number of rotatable bonds is 7. The number of nitrogens with one attached hydrogen (secondary N) is 2. The van der Waals surface area contributed by atoms with Crippen LogP contribution in [0.4, 0.5) is 4.79 Å². The van der Waals surface area contributed by atoms with Gasteiger partial charge in [-0.15, -0.1) is 0 Å². The molecule has 0 saturated heterocycles. The lowest BCUT2D eigenvalue weighted by atomic mass is 10.1. The molecule has 0 aromatic carbocycles. The van der Waals surface area contributed by atoms with E-state index in [1.807, 2.05) is 13.8 Å². The van der Waals surface area contributed by atoms with E-state index in [2.05, 4.69) is 10.6 Å². The number of ether oxygens (including phenoxy) is 1. The number of hydrogen-bond donors (Lipinski definition) is 3. The maximum absolute atomic E-state index is 11.3. The minimum absolute atomic E-state index is 0.111. The van der Waals surface area contributed by atoms with Gasteiger partial charge in [0.25, 0.3) is 0 Å². The van der Waals surface area contributed by atoms with E-state index in [0.717, 1.165) is 0 Å². The van der Waals surface area contributed by atoms with Crippen LogP contribution in [0, 0.1) is 0 Å². The van der Waals surface area contributed by atoms with Gasteiger partial charge in [0, 0.05) is 12.6 Å². The van der Waals surface area contributed by atoms with Crippen molar-refractivity contribution in [2.45, 2.75) is 65.1 Å². The van der Waals surface area contributed by atoms with Crippen molar-refractivity contribution in [1.82, 2.24) is 10.6 Å². The fourth-order valence-electron chi connectivity index (χ4n) is 1.49. The Hall–Kier alpha value is -1.30. The van der Waals surface area contributed by atoms with Crippen molar-refractivity contribution in [3.8, 4) is 0 Å². The maximum atomic E-state index is 11.3. The van der Waals surface area contributed by atoms with Crippen LogP contribution in [0.15, 0.2) is 0 Å². The molecule has 0 aliphatic heterocycles. The Labute approximate surface area is 114 Å². The van der Waals surface area contributed by atoms with Gasteiger partial charge in [-0.25, -0.2) is 4.79 Å². The number of amides is 1. The number of carbonyl (C=O) groups is 2. The molecule has 0 aromatic rings. The first-order valence-corrected chi connectivity index (χ1v) is 6.57. The molecule has 1 amide bonds. The van der Waals surface area contributed by atoms with Gasteiger partial charge in [-0.2, -0.15) is 0 Å². The first kappa shape index (κ1) is 17.7. The van der Waals surface area contributed by atoms with E-state index in [0.29, 0.717) is 19.4 Å². The zero-order chi connectivity index (χ0) is 15.1. The highest BCUT2D eigenvalue weighted by molar-refractivity contribution is 5.73. The van der Waals surface area contributed by atoms with E-state index >= 15 is 0 Å². The molecule has 0 aliphatic carbocycles. The Morgan fingerprint density at radius 3 is 2.26 bits per heavy atom. The van der Waals surface area contributed by atoms with Crippen molar-refractivity contribution < 1.29 is 19.4 Å². The molecule has 0 bridgehead atoms. The van der Waals surface area contributed by atoms with Crippen molar-refractivity contribution >= 4 is 12.1 Å². The Morgan fingerprint density at radius 2 is 1.84 bits per heavy atom. The first-order valence-electron chi connectivity index (χ1n) is 6.57. The molecule has 0 aliphatic rings. The van der Waals surface area contributed by atoms with Crippen LogP contribution in [0.25, 0.3) is 0 Å². The molecule has 1 atom stereocenters. The van der Waals surface area contributed by atoms with E-state index < -0.39 is 23.7 Å². The van der Waals surface area contributed by atoms with Gasteiger partial charge in [-0.05, 0) is 33.6 Å². The van der Waals surface area contributed by atoms with Crippen LogP contribution in [0.5, 0.6) is 0 Å². The molecule has 0 spiro atoms. The van der Waals surface area contributed by atoms with Crippen molar-refractivity contribution in [3.05, 3.63) is 0 Å². The second-order valence-electron chi connectivity index (χ2n) is 5.78. The summed E-state index contributed by atoms with van der Waals surface area (Å²) >= 11 is 0. The molecular formula is C13H26N2O4. The zero-order valence-electron chi connectivity index (χ0n) is 12.4. The van der Waals surface area contributed by atoms with Crippen molar-refractivity contribution in [2.75, 3.05) is 6.54 Å². The summed E-state index contributed by atoms with van der Waals surface area (Å²) in [5, 5.41) is 14.6. The van der Waals surface area contributed by atoms with E-state index in [1.54, 1.807) is 20.8 Å². The number of carboxylic acid groups (broad SMARTS) is 1. The van der Waals surface area contributed by atoms with E-state index in [9.17, 15) is 9.59 Å². The topological polar surface area (TPSA) is 87.7 Å². The molecule has 6 heteroatoms. The fourth-order valence-corrected chi connectivity index (χ4v) is 1.49. The predicted molar refractivity (Wildman–Crippen MR) is 73.2 cm³/mol. The second-order valence-corrected chi connectivity index (χ2v) is 5.78. The number of hydrogen-bond acceptors (Lipinski definition) is 4.